The van der Waals surface area contributed by atoms with Gasteiger partial charge in [-0.3, -0.25) is 0 Å². The Morgan fingerprint density at radius 2 is 1.85 bits per heavy atom. The largest absolute Gasteiger partial charge is 0.314 e. The van der Waals surface area contributed by atoms with E-state index in [-0.39, 0.29) is 0 Å². The molecule has 3 rings (SSSR count). The van der Waals surface area contributed by atoms with Gasteiger partial charge in [0, 0.05) is 6.04 Å². The quantitative estimate of drug-likeness (QED) is 0.826. The second kappa shape index (κ2) is 5.97. The second-order valence-corrected chi connectivity index (χ2v) is 6.04. The van der Waals surface area contributed by atoms with E-state index in [4.69, 9.17) is 0 Å². The Balaban J connectivity index is 1.85. The summed E-state index contributed by atoms with van der Waals surface area (Å²) in [6.07, 6.45) is 3.80. The molecule has 1 aliphatic rings. The van der Waals surface area contributed by atoms with E-state index in [1.165, 1.54) is 30.0 Å². The molecular formula is C19H25N. The summed E-state index contributed by atoms with van der Waals surface area (Å²) in [6.45, 7) is 5.74. The van der Waals surface area contributed by atoms with Crippen LogP contribution in [-0.2, 0) is 0 Å². The minimum absolute atomic E-state index is 0.726. The van der Waals surface area contributed by atoms with Crippen molar-refractivity contribution in [1.82, 2.24) is 5.32 Å². The highest BCUT2D eigenvalue weighted by molar-refractivity contribution is 5.86. The zero-order valence-corrected chi connectivity index (χ0v) is 12.6. The maximum atomic E-state index is 3.72. The summed E-state index contributed by atoms with van der Waals surface area (Å²) in [5, 5.41) is 6.55. The summed E-state index contributed by atoms with van der Waals surface area (Å²) in [7, 11) is 0. The maximum Gasteiger partial charge on any atom is 0.0107 e. The van der Waals surface area contributed by atoms with Gasteiger partial charge in [-0.05, 0) is 47.6 Å². The van der Waals surface area contributed by atoms with Gasteiger partial charge in [-0.2, -0.15) is 0 Å². The molecule has 2 aromatic carbocycles. The Kier molecular flexibility index (Phi) is 4.07. The molecule has 0 amide bonds. The third kappa shape index (κ3) is 2.35. The molecule has 0 aliphatic heterocycles. The van der Waals surface area contributed by atoms with Crippen molar-refractivity contribution in [3.8, 4) is 0 Å². The zero-order valence-electron chi connectivity index (χ0n) is 12.6. The Morgan fingerprint density at radius 3 is 2.65 bits per heavy atom. The van der Waals surface area contributed by atoms with Crippen LogP contribution in [0.1, 0.15) is 44.6 Å². The van der Waals surface area contributed by atoms with E-state index in [2.05, 4.69) is 61.6 Å². The molecule has 0 bridgehead atoms. The van der Waals surface area contributed by atoms with Crippen molar-refractivity contribution in [3.05, 3.63) is 48.0 Å². The molecular weight excluding hydrogens is 242 g/mol. The Morgan fingerprint density at radius 1 is 1.05 bits per heavy atom. The maximum absolute atomic E-state index is 3.72. The van der Waals surface area contributed by atoms with E-state index >= 15 is 0 Å². The van der Waals surface area contributed by atoms with Crippen molar-refractivity contribution in [1.29, 1.82) is 0 Å². The predicted molar refractivity (Wildman–Crippen MR) is 87.2 cm³/mol. The summed E-state index contributed by atoms with van der Waals surface area (Å²) in [4.78, 5) is 0. The van der Waals surface area contributed by atoms with E-state index in [0.29, 0.717) is 0 Å². The van der Waals surface area contributed by atoms with Gasteiger partial charge in [0.2, 0.25) is 0 Å². The van der Waals surface area contributed by atoms with Gasteiger partial charge in [0.25, 0.3) is 0 Å². The summed E-state index contributed by atoms with van der Waals surface area (Å²) in [6, 6.07) is 16.3. The van der Waals surface area contributed by atoms with Gasteiger partial charge >= 0.3 is 0 Å². The molecule has 1 N–H and O–H groups in total. The van der Waals surface area contributed by atoms with Crippen molar-refractivity contribution in [2.75, 3.05) is 6.54 Å². The summed E-state index contributed by atoms with van der Waals surface area (Å²) >= 11 is 0. The van der Waals surface area contributed by atoms with E-state index in [1.807, 2.05) is 0 Å². The molecule has 20 heavy (non-hydrogen) atoms. The van der Waals surface area contributed by atoms with Crippen molar-refractivity contribution >= 4 is 10.8 Å². The highest BCUT2D eigenvalue weighted by atomic mass is 14.9. The lowest BCUT2D eigenvalue weighted by atomic mass is 9.64. The van der Waals surface area contributed by atoms with E-state index < -0.39 is 0 Å². The van der Waals surface area contributed by atoms with Crippen LogP contribution in [0, 0.1) is 5.92 Å². The van der Waals surface area contributed by atoms with Crippen LogP contribution < -0.4 is 5.32 Å². The lowest BCUT2D eigenvalue weighted by Gasteiger charge is -2.46. The van der Waals surface area contributed by atoms with Crippen LogP contribution in [0.5, 0.6) is 0 Å². The average molecular weight is 267 g/mol. The SMILES string of the molecule is CCCNC1CC(c2cccc3ccccc23)C1CC. The molecule has 106 valence electrons. The van der Waals surface area contributed by atoms with E-state index in [1.54, 1.807) is 5.56 Å². The van der Waals surface area contributed by atoms with Crippen LogP contribution in [0.4, 0.5) is 0 Å². The first-order valence-electron chi connectivity index (χ1n) is 8.06. The van der Waals surface area contributed by atoms with Gasteiger partial charge in [-0.1, -0.05) is 62.7 Å². The molecule has 2 aromatic rings. The van der Waals surface area contributed by atoms with Crippen LogP contribution in [0.3, 0.4) is 0 Å². The molecule has 0 spiro atoms. The standard InChI is InChI=1S/C19H25N/c1-3-12-20-19-13-18(15(19)4-2)17-11-7-9-14-8-5-6-10-16(14)17/h5-11,15,18-20H,3-4,12-13H2,1-2H3. The molecule has 0 heterocycles. The van der Waals surface area contributed by atoms with Crippen molar-refractivity contribution < 1.29 is 0 Å². The molecule has 1 aliphatic carbocycles. The molecule has 3 atom stereocenters. The lowest BCUT2D eigenvalue weighted by molar-refractivity contribution is 0.162. The number of hydrogen-bond donors (Lipinski definition) is 1. The Bertz CT molecular complexity index is 569. The normalized spacial score (nSPS) is 25.6. The van der Waals surface area contributed by atoms with Crippen molar-refractivity contribution in [2.24, 2.45) is 5.92 Å². The number of hydrogen-bond acceptors (Lipinski definition) is 1. The molecule has 1 nitrogen and oxygen atoms in total. The number of fused-ring (bicyclic) bond motifs is 1. The topological polar surface area (TPSA) is 12.0 Å². The van der Waals surface area contributed by atoms with Crippen LogP contribution in [-0.4, -0.2) is 12.6 Å². The Hall–Kier alpha value is -1.34. The van der Waals surface area contributed by atoms with Gasteiger partial charge in [-0.25, -0.2) is 0 Å². The van der Waals surface area contributed by atoms with Crippen molar-refractivity contribution in [2.45, 2.75) is 45.1 Å². The minimum Gasteiger partial charge on any atom is -0.314 e. The van der Waals surface area contributed by atoms with Gasteiger partial charge in [0.1, 0.15) is 0 Å². The Labute approximate surface area is 122 Å². The molecule has 3 unspecified atom stereocenters. The monoisotopic (exact) mass is 267 g/mol. The first kappa shape index (κ1) is 13.6. The number of nitrogens with one attached hydrogen (secondary N) is 1. The molecule has 1 saturated carbocycles. The highest BCUT2D eigenvalue weighted by Crippen LogP contribution is 2.46. The first-order valence-corrected chi connectivity index (χ1v) is 8.06. The summed E-state index contributed by atoms with van der Waals surface area (Å²) < 4.78 is 0. The molecule has 1 fully saturated rings. The predicted octanol–water partition coefficient (Wildman–Crippen LogP) is 4.72. The highest BCUT2D eigenvalue weighted by Gasteiger charge is 2.40. The van der Waals surface area contributed by atoms with Crippen LogP contribution in [0.15, 0.2) is 42.5 Å². The average Bonchev–Trinajstić information content (AvgIpc) is 2.47. The van der Waals surface area contributed by atoms with Crippen LogP contribution >= 0.6 is 0 Å². The number of benzene rings is 2. The fraction of sp³-hybridized carbons (Fsp3) is 0.474. The minimum atomic E-state index is 0.726. The first-order chi connectivity index (χ1) is 9.85. The number of rotatable bonds is 5. The lowest BCUT2D eigenvalue weighted by Crippen LogP contribution is -2.49. The third-order valence-corrected chi connectivity index (χ3v) is 4.89. The molecule has 0 saturated heterocycles. The fourth-order valence-electron chi connectivity index (χ4n) is 3.77. The van der Waals surface area contributed by atoms with Crippen molar-refractivity contribution in [3.63, 3.8) is 0 Å². The van der Waals surface area contributed by atoms with E-state index in [9.17, 15) is 0 Å². The summed E-state index contributed by atoms with van der Waals surface area (Å²) in [5.41, 5.74) is 1.56. The van der Waals surface area contributed by atoms with Gasteiger partial charge in [0.15, 0.2) is 0 Å². The zero-order chi connectivity index (χ0) is 13.9. The molecule has 0 aromatic heterocycles. The van der Waals surface area contributed by atoms with Gasteiger partial charge < -0.3 is 5.32 Å². The van der Waals surface area contributed by atoms with Gasteiger partial charge in [-0.15, -0.1) is 0 Å². The third-order valence-electron chi connectivity index (χ3n) is 4.89. The second-order valence-electron chi connectivity index (χ2n) is 6.04. The fourth-order valence-corrected chi connectivity index (χ4v) is 3.77. The van der Waals surface area contributed by atoms with Gasteiger partial charge in [0.05, 0.1) is 0 Å². The van der Waals surface area contributed by atoms with Crippen LogP contribution in [0.2, 0.25) is 0 Å². The molecule has 1 heteroatoms. The van der Waals surface area contributed by atoms with E-state index in [0.717, 1.165) is 24.4 Å². The summed E-state index contributed by atoms with van der Waals surface area (Å²) in [5.74, 6) is 1.54. The smallest absolute Gasteiger partial charge is 0.0107 e. The molecule has 0 radical (unpaired) electrons. The van der Waals surface area contributed by atoms with Crippen LogP contribution in [0.25, 0.3) is 10.8 Å².